The van der Waals surface area contributed by atoms with Crippen LogP contribution in [-0.4, -0.2) is 28.3 Å². The minimum Gasteiger partial charge on any atom is -0.489 e. The Kier molecular flexibility index (Phi) is 5.72. The van der Waals surface area contributed by atoms with Crippen LogP contribution in [0.2, 0.25) is 0 Å². The monoisotopic (exact) mass is 384 g/mol. The van der Waals surface area contributed by atoms with Crippen molar-refractivity contribution in [3.63, 3.8) is 0 Å². The van der Waals surface area contributed by atoms with Crippen molar-refractivity contribution in [3.05, 3.63) is 65.2 Å². The molecule has 2 aliphatic heterocycles. The van der Waals surface area contributed by atoms with Gasteiger partial charge < -0.3 is 24.4 Å². The number of rotatable bonds is 3. The smallest absolute Gasteiger partial charge is 0.350 e. The molecule has 2 atom stereocenters. The number of fused-ring (bicyclic) bond motifs is 2. The van der Waals surface area contributed by atoms with Crippen LogP contribution in [0.3, 0.4) is 0 Å². The van der Waals surface area contributed by atoms with Gasteiger partial charge in [0.05, 0.1) is 6.10 Å². The second kappa shape index (κ2) is 8.04. The molecule has 148 valence electrons. The molecule has 1 fully saturated rings. The molecule has 0 aliphatic carbocycles. The molecule has 4 rings (SSSR count). The Labute approximate surface area is 164 Å². The standard InChI is InChI=1S/C20H20O4.C2H4O2/c1-13-10-18-14(2)17-9-8-16(11-19(17)24-20(18,21)23-13)22-12-15-6-4-3-5-7-15;1-2(3)4/h3-9,11,13,21H,10,12H2,1-2H3;1H3,(H,3,4). The third kappa shape index (κ3) is 4.35. The number of allylic oxidation sites excluding steroid dienone is 1. The van der Waals surface area contributed by atoms with E-state index in [9.17, 15) is 5.11 Å². The van der Waals surface area contributed by atoms with Crippen molar-refractivity contribution in [2.75, 3.05) is 0 Å². The van der Waals surface area contributed by atoms with Crippen LogP contribution in [-0.2, 0) is 16.1 Å². The molecule has 1 saturated heterocycles. The van der Waals surface area contributed by atoms with Crippen LogP contribution in [0.1, 0.15) is 38.3 Å². The van der Waals surface area contributed by atoms with Crippen molar-refractivity contribution in [1.29, 1.82) is 0 Å². The summed E-state index contributed by atoms with van der Waals surface area (Å²) < 4.78 is 17.2. The summed E-state index contributed by atoms with van der Waals surface area (Å²) in [6.07, 6.45) is 0.608. The maximum atomic E-state index is 10.7. The molecule has 0 bridgehead atoms. The zero-order valence-corrected chi connectivity index (χ0v) is 16.1. The maximum absolute atomic E-state index is 10.7. The van der Waals surface area contributed by atoms with E-state index < -0.39 is 11.9 Å². The van der Waals surface area contributed by atoms with Crippen LogP contribution < -0.4 is 9.47 Å². The fourth-order valence-electron chi connectivity index (χ4n) is 3.32. The molecule has 6 nitrogen and oxygen atoms in total. The van der Waals surface area contributed by atoms with Gasteiger partial charge in [-0.25, -0.2) is 0 Å². The minimum atomic E-state index is -1.64. The highest BCUT2D eigenvalue weighted by molar-refractivity contribution is 5.75. The molecule has 2 aromatic carbocycles. The average Bonchev–Trinajstić information content (AvgIpc) is 2.94. The summed E-state index contributed by atoms with van der Waals surface area (Å²) in [5, 5.41) is 18.1. The predicted molar refractivity (Wildman–Crippen MR) is 104 cm³/mol. The second-order valence-electron chi connectivity index (χ2n) is 6.87. The summed E-state index contributed by atoms with van der Waals surface area (Å²) in [6, 6.07) is 15.7. The number of ether oxygens (including phenoxy) is 3. The van der Waals surface area contributed by atoms with Crippen LogP contribution in [0.25, 0.3) is 5.57 Å². The lowest BCUT2D eigenvalue weighted by Crippen LogP contribution is -2.39. The van der Waals surface area contributed by atoms with Crippen molar-refractivity contribution in [1.82, 2.24) is 0 Å². The van der Waals surface area contributed by atoms with Gasteiger partial charge in [-0.3, -0.25) is 4.79 Å². The number of aliphatic carboxylic acids is 1. The number of aliphatic hydroxyl groups is 1. The van der Waals surface area contributed by atoms with Gasteiger partial charge in [0.25, 0.3) is 5.97 Å². The Bertz CT molecular complexity index is 885. The highest BCUT2D eigenvalue weighted by Crippen LogP contribution is 2.47. The molecule has 28 heavy (non-hydrogen) atoms. The number of carboxylic acids is 1. The lowest BCUT2D eigenvalue weighted by molar-refractivity contribution is -0.286. The summed E-state index contributed by atoms with van der Waals surface area (Å²) in [5.74, 6) is -1.20. The molecule has 2 aliphatic rings. The molecule has 0 aromatic heterocycles. The van der Waals surface area contributed by atoms with Gasteiger partial charge in [0.1, 0.15) is 18.1 Å². The molecule has 6 heteroatoms. The maximum Gasteiger partial charge on any atom is 0.350 e. The first kappa shape index (κ1) is 19.9. The number of benzene rings is 2. The van der Waals surface area contributed by atoms with Gasteiger partial charge in [0, 0.05) is 30.5 Å². The van der Waals surface area contributed by atoms with Gasteiger partial charge in [-0.05, 0) is 37.1 Å². The van der Waals surface area contributed by atoms with Crippen LogP contribution in [0.5, 0.6) is 11.5 Å². The topological polar surface area (TPSA) is 85.2 Å². The van der Waals surface area contributed by atoms with E-state index in [-0.39, 0.29) is 6.10 Å². The fourth-order valence-corrected chi connectivity index (χ4v) is 3.32. The fraction of sp³-hybridized carbons (Fsp3) is 0.318. The molecule has 2 aromatic rings. The van der Waals surface area contributed by atoms with Crippen molar-refractivity contribution in [3.8, 4) is 11.5 Å². The van der Waals surface area contributed by atoms with Crippen molar-refractivity contribution in [2.45, 2.75) is 45.9 Å². The highest BCUT2D eigenvalue weighted by Gasteiger charge is 2.48. The quantitative estimate of drug-likeness (QED) is 0.833. The minimum absolute atomic E-state index is 0.0666. The third-order valence-electron chi connectivity index (χ3n) is 4.54. The van der Waals surface area contributed by atoms with Crippen LogP contribution in [0, 0.1) is 0 Å². The van der Waals surface area contributed by atoms with Gasteiger partial charge >= 0.3 is 5.97 Å². The van der Waals surface area contributed by atoms with Crippen LogP contribution in [0.15, 0.2) is 54.1 Å². The van der Waals surface area contributed by atoms with E-state index in [1.165, 1.54) is 0 Å². The molecular formula is C22H24O6. The lowest BCUT2D eigenvalue weighted by Gasteiger charge is -2.31. The molecule has 0 saturated carbocycles. The average molecular weight is 384 g/mol. The Morgan fingerprint density at radius 2 is 1.93 bits per heavy atom. The molecule has 0 radical (unpaired) electrons. The summed E-state index contributed by atoms with van der Waals surface area (Å²) in [7, 11) is 0. The van der Waals surface area contributed by atoms with Crippen LogP contribution in [0.4, 0.5) is 0 Å². The predicted octanol–water partition coefficient (Wildman–Crippen LogP) is 3.98. The van der Waals surface area contributed by atoms with Crippen LogP contribution >= 0.6 is 0 Å². The normalized spacial score (nSPS) is 22.4. The number of carboxylic acid groups (broad SMARTS) is 1. The second-order valence-corrected chi connectivity index (χ2v) is 6.87. The van der Waals surface area contributed by atoms with Gasteiger partial charge in [-0.1, -0.05) is 30.3 Å². The first-order valence-corrected chi connectivity index (χ1v) is 9.08. The molecule has 0 spiro atoms. The Balaban J connectivity index is 0.000000516. The van der Waals surface area contributed by atoms with Gasteiger partial charge in [0.15, 0.2) is 0 Å². The molecule has 0 amide bonds. The summed E-state index contributed by atoms with van der Waals surface area (Å²) in [6.45, 7) is 5.49. The summed E-state index contributed by atoms with van der Waals surface area (Å²) in [4.78, 5) is 9.00. The number of hydrogen-bond donors (Lipinski definition) is 2. The van der Waals surface area contributed by atoms with Gasteiger partial charge in [0.2, 0.25) is 0 Å². The van der Waals surface area contributed by atoms with E-state index in [1.54, 1.807) is 0 Å². The number of carbonyl (C=O) groups is 1. The zero-order chi connectivity index (χ0) is 20.3. The van der Waals surface area contributed by atoms with E-state index in [2.05, 4.69) is 0 Å². The van der Waals surface area contributed by atoms with E-state index in [0.717, 1.165) is 29.2 Å². The van der Waals surface area contributed by atoms with Crippen molar-refractivity contribution >= 4 is 11.5 Å². The highest BCUT2D eigenvalue weighted by atomic mass is 16.8. The summed E-state index contributed by atoms with van der Waals surface area (Å²) in [5.41, 5.74) is 3.89. The molecule has 2 N–H and O–H groups in total. The number of hydrogen-bond acceptors (Lipinski definition) is 5. The molecule has 2 unspecified atom stereocenters. The Hall–Kier alpha value is -2.83. The van der Waals surface area contributed by atoms with Crippen molar-refractivity contribution < 1.29 is 29.2 Å². The Morgan fingerprint density at radius 1 is 1.25 bits per heavy atom. The summed E-state index contributed by atoms with van der Waals surface area (Å²) >= 11 is 0. The van der Waals surface area contributed by atoms with E-state index in [1.807, 2.05) is 62.4 Å². The van der Waals surface area contributed by atoms with E-state index in [4.69, 9.17) is 24.1 Å². The zero-order valence-electron chi connectivity index (χ0n) is 16.1. The first-order chi connectivity index (χ1) is 13.3. The lowest BCUT2D eigenvalue weighted by atomic mass is 9.94. The largest absolute Gasteiger partial charge is 0.489 e. The SMILES string of the molecule is CC(=O)O.CC1=C2CC(C)OC2(O)Oc2cc(OCc3ccccc3)ccc21. The first-order valence-electron chi connectivity index (χ1n) is 9.08. The van der Waals surface area contributed by atoms with E-state index in [0.29, 0.717) is 24.5 Å². The Morgan fingerprint density at radius 3 is 2.61 bits per heavy atom. The van der Waals surface area contributed by atoms with E-state index >= 15 is 0 Å². The van der Waals surface area contributed by atoms with Gasteiger partial charge in [-0.15, -0.1) is 0 Å². The van der Waals surface area contributed by atoms with Gasteiger partial charge in [-0.2, -0.15) is 0 Å². The third-order valence-corrected chi connectivity index (χ3v) is 4.54. The van der Waals surface area contributed by atoms with Crippen molar-refractivity contribution in [2.24, 2.45) is 0 Å². The molecular weight excluding hydrogens is 360 g/mol. The molecule has 2 heterocycles.